The smallest absolute Gasteiger partial charge is 0.118 e. The molecule has 0 amide bonds. The van der Waals surface area contributed by atoms with Gasteiger partial charge in [-0.25, -0.2) is 0 Å². The van der Waals surface area contributed by atoms with E-state index in [0.717, 1.165) is 33.4 Å². The molecule has 176 valence electrons. The van der Waals surface area contributed by atoms with Gasteiger partial charge in [0.15, 0.2) is 0 Å². The molecular formula is C33H32O2. The second kappa shape index (κ2) is 8.46. The molecule has 1 aliphatic carbocycles. The Morgan fingerprint density at radius 3 is 1.74 bits per heavy atom. The van der Waals surface area contributed by atoms with Crippen LogP contribution in [0.25, 0.3) is 6.08 Å². The zero-order valence-corrected chi connectivity index (χ0v) is 21.1. The molecule has 0 fully saturated rings. The van der Waals surface area contributed by atoms with Crippen LogP contribution in [0.5, 0.6) is 11.5 Å². The molecule has 35 heavy (non-hydrogen) atoms. The Kier molecular flexibility index (Phi) is 5.56. The largest absolute Gasteiger partial charge is 0.508 e. The lowest BCUT2D eigenvalue weighted by molar-refractivity contribution is 0.466. The van der Waals surface area contributed by atoms with E-state index in [9.17, 15) is 10.2 Å². The van der Waals surface area contributed by atoms with Crippen LogP contribution in [0, 0.1) is 34.6 Å². The molecule has 0 aromatic heterocycles. The van der Waals surface area contributed by atoms with Crippen molar-refractivity contribution in [1.82, 2.24) is 0 Å². The first-order valence-corrected chi connectivity index (χ1v) is 12.2. The van der Waals surface area contributed by atoms with E-state index in [1.165, 1.54) is 22.3 Å². The summed E-state index contributed by atoms with van der Waals surface area (Å²) in [5, 5.41) is 21.2. The SMILES string of the molecule is Cc1cc(C(c2ccccc2)(c2cc(C)c(O)cc2C)C2C=Cc3c(C)cccc32)c(C)cc1O. The molecule has 0 aliphatic heterocycles. The van der Waals surface area contributed by atoms with Gasteiger partial charge < -0.3 is 10.2 Å². The summed E-state index contributed by atoms with van der Waals surface area (Å²) in [4.78, 5) is 0. The second-order valence-corrected chi connectivity index (χ2v) is 10.00. The van der Waals surface area contributed by atoms with E-state index >= 15 is 0 Å². The van der Waals surface area contributed by atoms with Gasteiger partial charge in [-0.1, -0.05) is 72.8 Å². The number of hydrogen-bond donors (Lipinski definition) is 2. The highest BCUT2D eigenvalue weighted by molar-refractivity contribution is 5.72. The fourth-order valence-corrected chi connectivity index (χ4v) is 6.00. The first-order chi connectivity index (χ1) is 16.7. The van der Waals surface area contributed by atoms with Crippen LogP contribution in [0.4, 0.5) is 0 Å². The lowest BCUT2D eigenvalue weighted by Crippen LogP contribution is -2.37. The highest BCUT2D eigenvalue weighted by atomic mass is 16.3. The van der Waals surface area contributed by atoms with Crippen LogP contribution >= 0.6 is 0 Å². The number of allylic oxidation sites excluding steroid dienone is 1. The van der Waals surface area contributed by atoms with Crippen LogP contribution < -0.4 is 0 Å². The quantitative estimate of drug-likeness (QED) is 0.305. The second-order valence-electron chi connectivity index (χ2n) is 10.00. The van der Waals surface area contributed by atoms with Gasteiger partial charge >= 0.3 is 0 Å². The number of aryl methyl sites for hydroxylation is 5. The van der Waals surface area contributed by atoms with Crippen LogP contribution in [-0.2, 0) is 5.41 Å². The normalized spacial score (nSPS) is 14.8. The minimum absolute atomic E-state index is 0.0325. The van der Waals surface area contributed by atoms with Gasteiger partial charge in [0.25, 0.3) is 0 Å². The monoisotopic (exact) mass is 460 g/mol. The molecule has 0 radical (unpaired) electrons. The molecule has 0 saturated carbocycles. The summed E-state index contributed by atoms with van der Waals surface area (Å²) < 4.78 is 0. The predicted octanol–water partition coefficient (Wildman–Crippen LogP) is 7.78. The van der Waals surface area contributed by atoms with Gasteiger partial charge in [-0.2, -0.15) is 0 Å². The van der Waals surface area contributed by atoms with Crippen molar-refractivity contribution in [3.8, 4) is 11.5 Å². The van der Waals surface area contributed by atoms with Crippen LogP contribution in [-0.4, -0.2) is 10.2 Å². The minimum Gasteiger partial charge on any atom is -0.508 e. The van der Waals surface area contributed by atoms with Crippen molar-refractivity contribution in [2.45, 2.75) is 46.0 Å². The van der Waals surface area contributed by atoms with E-state index in [-0.39, 0.29) is 5.92 Å². The number of phenolic OH excluding ortho intramolecular Hbond substituents is 2. The average molecular weight is 461 g/mol. The molecular weight excluding hydrogens is 428 g/mol. The number of benzene rings is 4. The summed E-state index contributed by atoms with van der Waals surface area (Å²) in [6.07, 6.45) is 4.60. The standard InChI is InChI=1S/C33H32O2/c1-20-10-9-13-27-26(20)14-15-28(27)33(25-11-7-6-8-12-25,29-16-23(4)31(34)18-21(29)2)30-17-24(5)32(35)19-22(30)3/h6-19,28,34-35H,1-5H3. The van der Waals surface area contributed by atoms with Gasteiger partial charge in [-0.05, 0) is 102 Å². The Bertz CT molecular complexity index is 1400. The summed E-state index contributed by atoms with van der Waals surface area (Å²) in [5.41, 5.74) is 10.6. The lowest BCUT2D eigenvalue weighted by atomic mass is 9.58. The Hall–Kier alpha value is -3.78. The van der Waals surface area contributed by atoms with E-state index in [1.54, 1.807) is 0 Å². The average Bonchev–Trinajstić information content (AvgIpc) is 3.27. The highest BCUT2D eigenvalue weighted by Crippen LogP contribution is 2.56. The maximum absolute atomic E-state index is 10.6. The number of phenols is 2. The number of hydrogen-bond acceptors (Lipinski definition) is 2. The summed E-state index contributed by atoms with van der Waals surface area (Å²) in [6, 6.07) is 25.3. The molecule has 1 unspecified atom stereocenters. The molecule has 2 heteroatoms. The van der Waals surface area contributed by atoms with Gasteiger partial charge in [0.05, 0.1) is 5.41 Å². The Labute approximate surface area is 208 Å². The van der Waals surface area contributed by atoms with Crippen LogP contribution in [0.15, 0.2) is 78.9 Å². The first kappa shape index (κ1) is 23.0. The molecule has 5 rings (SSSR count). The lowest BCUT2D eigenvalue weighted by Gasteiger charge is -2.43. The maximum atomic E-state index is 10.6. The van der Waals surface area contributed by atoms with E-state index in [0.29, 0.717) is 11.5 Å². The molecule has 4 aromatic rings. The Balaban J connectivity index is 1.99. The molecule has 0 saturated heterocycles. The number of fused-ring (bicyclic) bond motifs is 1. The molecule has 0 heterocycles. The van der Waals surface area contributed by atoms with Crippen LogP contribution in [0.3, 0.4) is 0 Å². The van der Waals surface area contributed by atoms with Crippen LogP contribution in [0.1, 0.15) is 61.6 Å². The first-order valence-electron chi connectivity index (χ1n) is 12.2. The van der Waals surface area contributed by atoms with Gasteiger partial charge in [-0.15, -0.1) is 0 Å². The summed E-state index contributed by atoms with van der Waals surface area (Å²) in [7, 11) is 0. The third-order valence-electron chi connectivity index (χ3n) is 7.78. The molecule has 4 aromatic carbocycles. The van der Waals surface area contributed by atoms with Crippen molar-refractivity contribution in [3.63, 3.8) is 0 Å². The van der Waals surface area contributed by atoms with Crippen molar-refractivity contribution < 1.29 is 10.2 Å². The fourth-order valence-electron chi connectivity index (χ4n) is 6.00. The zero-order valence-electron chi connectivity index (χ0n) is 21.1. The van der Waals surface area contributed by atoms with Crippen molar-refractivity contribution in [2.75, 3.05) is 0 Å². The Morgan fingerprint density at radius 2 is 1.17 bits per heavy atom. The minimum atomic E-state index is -0.568. The maximum Gasteiger partial charge on any atom is 0.118 e. The molecule has 1 aliphatic rings. The van der Waals surface area contributed by atoms with Gasteiger partial charge in [0.2, 0.25) is 0 Å². The summed E-state index contributed by atoms with van der Waals surface area (Å²) >= 11 is 0. The van der Waals surface area contributed by atoms with Gasteiger partial charge in [0.1, 0.15) is 11.5 Å². The third-order valence-corrected chi connectivity index (χ3v) is 7.78. The molecule has 0 bridgehead atoms. The molecule has 1 atom stereocenters. The van der Waals surface area contributed by atoms with Crippen molar-refractivity contribution in [3.05, 3.63) is 135 Å². The number of aromatic hydroxyl groups is 2. The predicted molar refractivity (Wildman–Crippen MR) is 144 cm³/mol. The molecule has 0 spiro atoms. The van der Waals surface area contributed by atoms with E-state index in [2.05, 4.69) is 93.6 Å². The van der Waals surface area contributed by atoms with E-state index in [1.807, 2.05) is 26.0 Å². The van der Waals surface area contributed by atoms with E-state index < -0.39 is 5.41 Å². The third kappa shape index (κ3) is 3.47. The van der Waals surface area contributed by atoms with Crippen LogP contribution in [0.2, 0.25) is 0 Å². The topological polar surface area (TPSA) is 40.5 Å². The number of rotatable bonds is 4. The fraction of sp³-hybridized carbons (Fsp3) is 0.212. The van der Waals surface area contributed by atoms with Gasteiger partial charge in [0, 0.05) is 5.92 Å². The summed E-state index contributed by atoms with van der Waals surface area (Å²) in [6.45, 7) is 10.3. The van der Waals surface area contributed by atoms with Gasteiger partial charge in [-0.3, -0.25) is 0 Å². The Morgan fingerprint density at radius 1 is 0.600 bits per heavy atom. The van der Waals surface area contributed by atoms with Crippen molar-refractivity contribution in [2.24, 2.45) is 0 Å². The molecule has 2 nitrogen and oxygen atoms in total. The highest BCUT2D eigenvalue weighted by Gasteiger charge is 2.47. The zero-order chi connectivity index (χ0) is 24.9. The van der Waals surface area contributed by atoms with Crippen molar-refractivity contribution >= 4 is 6.08 Å². The van der Waals surface area contributed by atoms with E-state index in [4.69, 9.17) is 0 Å². The van der Waals surface area contributed by atoms with Crippen molar-refractivity contribution in [1.29, 1.82) is 0 Å². The molecule has 2 N–H and O–H groups in total. The summed E-state index contributed by atoms with van der Waals surface area (Å²) in [5.74, 6) is 0.653.